The van der Waals surface area contributed by atoms with Crippen molar-refractivity contribution in [3.05, 3.63) is 62.2 Å². The van der Waals surface area contributed by atoms with Crippen molar-refractivity contribution in [1.82, 2.24) is 15.4 Å². The Labute approximate surface area is 161 Å². The molecule has 25 heavy (non-hydrogen) atoms. The van der Waals surface area contributed by atoms with Crippen LogP contribution in [0, 0.1) is 0 Å². The van der Waals surface area contributed by atoms with Crippen LogP contribution in [-0.4, -0.2) is 21.3 Å². The monoisotopic (exact) mass is 440 g/mol. The molecular formula is C16H11BrCl2N4O2. The predicted molar refractivity (Wildman–Crippen MR) is 98.8 cm³/mol. The van der Waals surface area contributed by atoms with Crippen LogP contribution in [0.2, 0.25) is 10.0 Å². The number of nitrogens with zero attached hydrogens (tertiary/aromatic N) is 2. The highest BCUT2D eigenvalue weighted by Gasteiger charge is 2.19. The molecule has 0 aliphatic heterocycles. The lowest BCUT2D eigenvalue weighted by atomic mass is 10.1. The molecular weight excluding hydrogens is 431 g/mol. The van der Waals surface area contributed by atoms with Crippen molar-refractivity contribution in [2.24, 2.45) is 5.73 Å². The first-order valence-corrected chi connectivity index (χ1v) is 8.58. The molecule has 0 atom stereocenters. The van der Waals surface area contributed by atoms with Crippen LogP contribution in [-0.2, 0) is 6.61 Å². The summed E-state index contributed by atoms with van der Waals surface area (Å²) in [6, 6.07) is 10.6. The molecule has 128 valence electrons. The summed E-state index contributed by atoms with van der Waals surface area (Å²) in [5, 5.41) is 11.1. The Balaban J connectivity index is 1.93. The third kappa shape index (κ3) is 3.95. The zero-order chi connectivity index (χ0) is 18.0. The minimum atomic E-state index is -0.681. The highest BCUT2D eigenvalue weighted by Crippen LogP contribution is 2.33. The van der Waals surface area contributed by atoms with E-state index >= 15 is 0 Å². The molecule has 9 heteroatoms. The summed E-state index contributed by atoms with van der Waals surface area (Å²) in [5.74, 6) is -0.162. The Kier molecular flexibility index (Phi) is 5.27. The molecule has 3 rings (SSSR count). The van der Waals surface area contributed by atoms with Gasteiger partial charge >= 0.3 is 0 Å². The number of benzene rings is 2. The van der Waals surface area contributed by atoms with Crippen LogP contribution in [0.4, 0.5) is 0 Å². The molecule has 0 saturated heterocycles. The Bertz CT molecular complexity index is 946. The van der Waals surface area contributed by atoms with Crippen molar-refractivity contribution < 1.29 is 9.53 Å². The van der Waals surface area contributed by atoms with Gasteiger partial charge in [-0.25, -0.2) is 0 Å². The largest absolute Gasteiger partial charge is 0.488 e. The molecule has 0 bridgehead atoms. The SMILES string of the molecule is NC(=O)c1n[nH]nc1-c1cc(Br)ccc1OCc1ccc(Cl)c(Cl)c1. The quantitative estimate of drug-likeness (QED) is 0.619. The summed E-state index contributed by atoms with van der Waals surface area (Å²) in [4.78, 5) is 11.5. The van der Waals surface area contributed by atoms with Gasteiger partial charge in [-0.05, 0) is 35.9 Å². The normalized spacial score (nSPS) is 10.7. The average Bonchev–Trinajstić information content (AvgIpc) is 3.06. The molecule has 0 saturated carbocycles. The van der Waals surface area contributed by atoms with Crippen LogP contribution >= 0.6 is 39.1 Å². The number of aromatic nitrogens is 3. The molecule has 3 N–H and O–H groups in total. The second-order valence-electron chi connectivity index (χ2n) is 5.06. The molecule has 0 spiro atoms. The number of ether oxygens (including phenoxy) is 1. The third-order valence-corrected chi connectivity index (χ3v) is 4.59. The third-order valence-electron chi connectivity index (χ3n) is 3.36. The predicted octanol–water partition coefficient (Wildman–Crippen LogP) is 4.22. The van der Waals surface area contributed by atoms with Crippen molar-refractivity contribution in [2.45, 2.75) is 6.61 Å². The number of primary amides is 1. The van der Waals surface area contributed by atoms with E-state index in [1.54, 1.807) is 24.3 Å². The highest BCUT2D eigenvalue weighted by atomic mass is 79.9. The minimum Gasteiger partial charge on any atom is -0.488 e. The molecule has 2 aromatic carbocycles. The van der Waals surface area contributed by atoms with Crippen LogP contribution in [0.15, 0.2) is 40.9 Å². The molecule has 3 aromatic rings. The lowest BCUT2D eigenvalue weighted by Gasteiger charge is -2.11. The lowest BCUT2D eigenvalue weighted by molar-refractivity contribution is 0.0996. The van der Waals surface area contributed by atoms with Crippen LogP contribution in [0.5, 0.6) is 5.75 Å². The zero-order valence-corrected chi connectivity index (χ0v) is 15.7. The summed E-state index contributed by atoms with van der Waals surface area (Å²) in [6.07, 6.45) is 0. The second-order valence-corrected chi connectivity index (χ2v) is 6.79. The van der Waals surface area contributed by atoms with Crippen molar-refractivity contribution >= 4 is 45.0 Å². The van der Waals surface area contributed by atoms with E-state index < -0.39 is 5.91 Å². The van der Waals surface area contributed by atoms with E-state index in [-0.39, 0.29) is 12.3 Å². The van der Waals surface area contributed by atoms with Gasteiger partial charge < -0.3 is 10.5 Å². The van der Waals surface area contributed by atoms with Crippen LogP contribution in [0.3, 0.4) is 0 Å². The number of carbonyl (C=O) groups is 1. The number of H-pyrrole nitrogens is 1. The molecule has 0 fully saturated rings. The molecule has 0 aliphatic rings. The number of hydrogen-bond donors (Lipinski definition) is 2. The number of carbonyl (C=O) groups excluding carboxylic acids is 1. The summed E-state index contributed by atoms with van der Waals surface area (Å²) in [7, 11) is 0. The molecule has 6 nitrogen and oxygen atoms in total. The van der Waals surface area contributed by atoms with Crippen LogP contribution in [0.1, 0.15) is 16.1 Å². The van der Waals surface area contributed by atoms with E-state index in [4.69, 9.17) is 33.7 Å². The molecule has 0 radical (unpaired) electrons. The second kappa shape index (κ2) is 7.43. The van der Waals surface area contributed by atoms with Crippen molar-refractivity contribution in [3.63, 3.8) is 0 Å². The number of halogens is 3. The lowest BCUT2D eigenvalue weighted by Crippen LogP contribution is -2.13. The van der Waals surface area contributed by atoms with Gasteiger partial charge in [0.2, 0.25) is 0 Å². The molecule has 1 amide bonds. The number of aromatic amines is 1. The van der Waals surface area contributed by atoms with E-state index in [0.29, 0.717) is 27.1 Å². The van der Waals surface area contributed by atoms with E-state index in [2.05, 4.69) is 31.3 Å². The first kappa shape index (κ1) is 17.7. The van der Waals surface area contributed by atoms with E-state index in [9.17, 15) is 4.79 Å². The topological polar surface area (TPSA) is 93.9 Å². The Morgan fingerprint density at radius 3 is 2.68 bits per heavy atom. The maximum absolute atomic E-state index is 11.5. The van der Waals surface area contributed by atoms with E-state index in [1.165, 1.54) is 0 Å². The van der Waals surface area contributed by atoms with Gasteiger partial charge in [-0.15, -0.1) is 0 Å². The Hall–Kier alpha value is -2.09. The number of nitrogens with two attached hydrogens (primary N) is 1. The molecule has 1 heterocycles. The number of nitrogens with one attached hydrogen (secondary N) is 1. The van der Waals surface area contributed by atoms with Gasteiger partial charge in [0.15, 0.2) is 5.69 Å². The smallest absolute Gasteiger partial charge is 0.271 e. The number of rotatable bonds is 5. The van der Waals surface area contributed by atoms with Gasteiger partial charge in [0.25, 0.3) is 5.91 Å². The van der Waals surface area contributed by atoms with Gasteiger partial charge in [0.05, 0.1) is 10.0 Å². The Morgan fingerprint density at radius 2 is 1.96 bits per heavy atom. The van der Waals surface area contributed by atoms with Crippen LogP contribution in [0.25, 0.3) is 11.3 Å². The maximum Gasteiger partial charge on any atom is 0.271 e. The van der Waals surface area contributed by atoms with Gasteiger partial charge in [-0.1, -0.05) is 45.2 Å². The standard InChI is InChI=1S/C16H11BrCl2N4O2/c17-9-2-4-13(25-7-8-1-3-11(18)12(19)5-8)10(6-9)14-15(16(20)24)22-23-21-14/h1-6H,7H2,(H2,20,24)(H,21,22,23). The first-order valence-electron chi connectivity index (χ1n) is 7.03. The summed E-state index contributed by atoms with van der Waals surface area (Å²) < 4.78 is 6.67. The van der Waals surface area contributed by atoms with Crippen LogP contribution < -0.4 is 10.5 Å². The zero-order valence-electron chi connectivity index (χ0n) is 12.6. The fourth-order valence-electron chi connectivity index (χ4n) is 2.19. The number of amides is 1. The first-order chi connectivity index (χ1) is 12.0. The average molecular weight is 442 g/mol. The fraction of sp³-hybridized carbons (Fsp3) is 0.0625. The van der Waals surface area contributed by atoms with Gasteiger partial charge in [0, 0.05) is 10.0 Å². The maximum atomic E-state index is 11.5. The number of hydrogen-bond acceptors (Lipinski definition) is 4. The Morgan fingerprint density at radius 1 is 1.16 bits per heavy atom. The highest BCUT2D eigenvalue weighted by molar-refractivity contribution is 9.10. The van der Waals surface area contributed by atoms with Crippen molar-refractivity contribution in [3.8, 4) is 17.0 Å². The summed E-state index contributed by atoms with van der Waals surface area (Å²) >= 11 is 15.3. The molecule has 0 unspecified atom stereocenters. The van der Waals surface area contributed by atoms with E-state index in [0.717, 1.165) is 10.0 Å². The van der Waals surface area contributed by atoms with Crippen molar-refractivity contribution in [1.29, 1.82) is 0 Å². The van der Waals surface area contributed by atoms with Gasteiger partial charge in [-0.3, -0.25) is 4.79 Å². The fourth-order valence-corrected chi connectivity index (χ4v) is 2.88. The van der Waals surface area contributed by atoms with E-state index in [1.807, 2.05) is 12.1 Å². The summed E-state index contributed by atoms with van der Waals surface area (Å²) in [5.41, 5.74) is 7.12. The van der Waals surface area contributed by atoms with Gasteiger partial charge in [0.1, 0.15) is 18.1 Å². The summed E-state index contributed by atoms with van der Waals surface area (Å²) in [6.45, 7) is 0.259. The van der Waals surface area contributed by atoms with Gasteiger partial charge in [-0.2, -0.15) is 15.4 Å². The minimum absolute atomic E-state index is 0.0393. The van der Waals surface area contributed by atoms with Crippen molar-refractivity contribution in [2.75, 3.05) is 0 Å². The molecule has 0 aliphatic carbocycles. The molecule has 1 aromatic heterocycles.